The van der Waals surface area contributed by atoms with Crippen LogP contribution in [0.5, 0.6) is 11.5 Å². The smallest absolute Gasteiger partial charge is 0.162 e. The number of piperidine rings is 1. The Balaban J connectivity index is 1.77. The quantitative estimate of drug-likeness (QED) is 0.907. The Morgan fingerprint density at radius 1 is 1.12 bits per heavy atom. The molecule has 24 heavy (non-hydrogen) atoms. The third-order valence-corrected chi connectivity index (χ3v) is 4.29. The standard InChI is InChI=1S/C18H24N4O2/c1-13-5-4-8-22(11-13)18-10-17(19-12-20-18)21-14-6-7-15(23-2)16(9-14)24-3/h6-7,9-10,12-13H,4-5,8,11H2,1-3H3,(H,19,20,21). The lowest BCUT2D eigenvalue weighted by Gasteiger charge is -2.31. The van der Waals surface area contributed by atoms with E-state index in [1.165, 1.54) is 12.8 Å². The number of nitrogens with one attached hydrogen (secondary N) is 1. The first-order valence-electron chi connectivity index (χ1n) is 8.25. The van der Waals surface area contributed by atoms with Gasteiger partial charge in [-0.2, -0.15) is 0 Å². The molecule has 128 valence electrons. The Hall–Kier alpha value is -2.50. The summed E-state index contributed by atoms with van der Waals surface area (Å²) in [5.74, 6) is 3.83. The summed E-state index contributed by atoms with van der Waals surface area (Å²) < 4.78 is 10.6. The minimum atomic E-state index is 0.682. The van der Waals surface area contributed by atoms with E-state index in [1.807, 2.05) is 24.3 Å². The average Bonchev–Trinajstić information content (AvgIpc) is 2.62. The fourth-order valence-corrected chi connectivity index (χ4v) is 3.05. The molecule has 0 radical (unpaired) electrons. The number of nitrogens with zero attached hydrogens (tertiary/aromatic N) is 3. The van der Waals surface area contributed by atoms with Crippen LogP contribution in [0.15, 0.2) is 30.6 Å². The van der Waals surface area contributed by atoms with E-state index >= 15 is 0 Å². The van der Waals surface area contributed by atoms with Gasteiger partial charge in [-0.15, -0.1) is 0 Å². The van der Waals surface area contributed by atoms with Crippen molar-refractivity contribution in [1.82, 2.24) is 9.97 Å². The molecule has 1 aromatic carbocycles. The van der Waals surface area contributed by atoms with Gasteiger partial charge in [0.25, 0.3) is 0 Å². The van der Waals surface area contributed by atoms with Gasteiger partial charge in [0, 0.05) is 30.9 Å². The second kappa shape index (κ2) is 7.38. The summed E-state index contributed by atoms with van der Waals surface area (Å²) in [5, 5.41) is 3.31. The Morgan fingerprint density at radius 2 is 1.96 bits per heavy atom. The lowest BCUT2D eigenvalue weighted by Crippen LogP contribution is -2.34. The monoisotopic (exact) mass is 328 g/mol. The van der Waals surface area contributed by atoms with Crippen molar-refractivity contribution in [2.45, 2.75) is 19.8 Å². The molecule has 0 spiro atoms. The SMILES string of the molecule is COc1ccc(Nc2cc(N3CCCC(C)C3)ncn2)cc1OC. The van der Waals surface area contributed by atoms with E-state index < -0.39 is 0 Å². The van der Waals surface area contributed by atoms with E-state index in [2.05, 4.69) is 27.1 Å². The molecule has 1 aromatic heterocycles. The molecular formula is C18H24N4O2. The average molecular weight is 328 g/mol. The molecule has 3 rings (SSSR count). The number of anilines is 3. The largest absolute Gasteiger partial charge is 0.493 e. The van der Waals surface area contributed by atoms with Crippen LogP contribution in [0.3, 0.4) is 0 Å². The topological polar surface area (TPSA) is 59.5 Å². The molecule has 6 heteroatoms. The van der Waals surface area contributed by atoms with Gasteiger partial charge in [-0.3, -0.25) is 0 Å². The molecule has 1 saturated heterocycles. The van der Waals surface area contributed by atoms with Crippen molar-refractivity contribution >= 4 is 17.3 Å². The normalized spacial score (nSPS) is 17.5. The third kappa shape index (κ3) is 3.69. The van der Waals surface area contributed by atoms with Crippen LogP contribution >= 0.6 is 0 Å². The van der Waals surface area contributed by atoms with Crippen LogP contribution in [0.2, 0.25) is 0 Å². The van der Waals surface area contributed by atoms with Gasteiger partial charge in [0.05, 0.1) is 14.2 Å². The first-order valence-corrected chi connectivity index (χ1v) is 8.25. The molecular weight excluding hydrogens is 304 g/mol. The molecule has 2 heterocycles. The second-order valence-electron chi connectivity index (χ2n) is 6.15. The van der Waals surface area contributed by atoms with Gasteiger partial charge in [-0.25, -0.2) is 9.97 Å². The molecule has 1 fully saturated rings. The number of benzene rings is 1. The summed E-state index contributed by atoms with van der Waals surface area (Å²) in [6.07, 6.45) is 4.11. The number of rotatable bonds is 5. The van der Waals surface area contributed by atoms with Crippen molar-refractivity contribution in [2.75, 3.05) is 37.5 Å². The van der Waals surface area contributed by atoms with E-state index in [1.54, 1.807) is 20.5 Å². The molecule has 1 unspecified atom stereocenters. The summed E-state index contributed by atoms with van der Waals surface area (Å²) in [5.41, 5.74) is 0.893. The van der Waals surface area contributed by atoms with Crippen LogP contribution < -0.4 is 19.7 Å². The highest BCUT2D eigenvalue weighted by atomic mass is 16.5. The first-order chi connectivity index (χ1) is 11.7. The number of hydrogen-bond acceptors (Lipinski definition) is 6. The summed E-state index contributed by atoms with van der Waals surface area (Å²) in [4.78, 5) is 11.1. The highest BCUT2D eigenvalue weighted by molar-refractivity contribution is 5.63. The Labute approximate surface area is 142 Å². The second-order valence-corrected chi connectivity index (χ2v) is 6.15. The van der Waals surface area contributed by atoms with Crippen LogP contribution in [0.4, 0.5) is 17.3 Å². The fraction of sp³-hybridized carbons (Fsp3) is 0.444. The molecule has 1 aliphatic heterocycles. The van der Waals surface area contributed by atoms with Crippen molar-refractivity contribution < 1.29 is 9.47 Å². The van der Waals surface area contributed by atoms with Crippen LogP contribution in [0.1, 0.15) is 19.8 Å². The van der Waals surface area contributed by atoms with Gasteiger partial charge in [-0.05, 0) is 30.9 Å². The Morgan fingerprint density at radius 3 is 2.71 bits per heavy atom. The zero-order valence-electron chi connectivity index (χ0n) is 14.5. The van der Waals surface area contributed by atoms with E-state index in [-0.39, 0.29) is 0 Å². The lowest BCUT2D eigenvalue weighted by atomic mass is 10.0. The summed E-state index contributed by atoms with van der Waals surface area (Å²) in [6, 6.07) is 7.69. The number of hydrogen-bond donors (Lipinski definition) is 1. The van der Waals surface area contributed by atoms with Crippen LogP contribution in [0, 0.1) is 5.92 Å². The molecule has 0 bridgehead atoms. The minimum Gasteiger partial charge on any atom is -0.493 e. The number of aromatic nitrogens is 2. The molecule has 0 amide bonds. The van der Waals surface area contributed by atoms with E-state index in [9.17, 15) is 0 Å². The zero-order valence-corrected chi connectivity index (χ0v) is 14.5. The maximum atomic E-state index is 5.34. The van der Waals surface area contributed by atoms with Crippen molar-refractivity contribution in [3.05, 3.63) is 30.6 Å². The van der Waals surface area contributed by atoms with Gasteiger partial charge in [0.15, 0.2) is 11.5 Å². The maximum Gasteiger partial charge on any atom is 0.162 e. The van der Waals surface area contributed by atoms with Gasteiger partial charge in [0.2, 0.25) is 0 Å². The van der Waals surface area contributed by atoms with Gasteiger partial charge >= 0.3 is 0 Å². The zero-order chi connectivity index (χ0) is 16.9. The Bertz CT molecular complexity index is 692. The van der Waals surface area contributed by atoms with Crippen LogP contribution in [0.25, 0.3) is 0 Å². The number of methoxy groups -OCH3 is 2. The van der Waals surface area contributed by atoms with Crippen LogP contribution in [-0.4, -0.2) is 37.3 Å². The van der Waals surface area contributed by atoms with E-state index in [0.29, 0.717) is 17.4 Å². The van der Waals surface area contributed by atoms with Gasteiger partial charge in [-0.1, -0.05) is 6.92 Å². The number of ether oxygens (including phenoxy) is 2. The molecule has 6 nitrogen and oxygen atoms in total. The fourth-order valence-electron chi connectivity index (χ4n) is 3.05. The predicted molar refractivity (Wildman–Crippen MR) is 95.5 cm³/mol. The molecule has 1 atom stereocenters. The summed E-state index contributed by atoms with van der Waals surface area (Å²) in [7, 11) is 3.25. The highest BCUT2D eigenvalue weighted by Gasteiger charge is 2.18. The maximum absolute atomic E-state index is 5.34. The van der Waals surface area contributed by atoms with Crippen LogP contribution in [-0.2, 0) is 0 Å². The lowest BCUT2D eigenvalue weighted by molar-refractivity contribution is 0.355. The summed E-state index contributed by atoms with van der Waals surface area (Å²) in [6.45, 7) is 4.39. The Kier molecular flexibility index (Phi) is 5.03. The molecule has 2 aromatic rings. The van der Waals surface area contributed by atoms with Crippen molar-refractivity contribution in [2.24, 2.45) is 5.92 Å². The van der Waals surface area contributed by atoms with Gasteiger partial charge in [0.1, 0.15) is 18.0 Å². The first kappa shape index (κ1) is 16.4. The highest BCUT2D eigenvalue weighted by Crippen LogP contribution is 2.31. The third-order valence-electron chi connectivity index (χ3n) is 4.29. The van der Waals surface area contributed by atoms with Crippen molar-refractivity contribution in [1.29, 1.82) is 0 Å². The minimum absolute atomic E-state index is 0.682. The molecule has 1 aliphatic rings. The van der Waals surface area contributed by atoms with Gasteiger partial charge < -0.3 is 19.7 Å². The molecule has 0 aliphatic carbocycles. The van der Waals surface area contributed by atoms with E-state index in [0.717, 1.165) is 30.4 Å². The van der Waals surface area contributed by atoms with Crippen molar-refractivity contribution in [3.63, 3.8) is 0 Å². The molecule has 0 saturated carbocycles. The predicted octanol–water partition coefficient (Wildman–Crippen LogP) is 3.47. The molecule has 1 N–H and O–H groups in total. The summed E-state index contributed by atoms with van der Waals surface area (Å²) >= 11 is 0. The van der Waals surface area contributed by atoms with E-state index in [4.69, 9.17) is 9.47 Å². The van der Waals surface area contributed by atoms with Crippen molar-refractivity contribution in [3.8, 4) is 11.5 Å².